The van der Waals surface area contributed by atoms with E-state index in [1.165, 1.54) is 18.4 Å². The van der Waals surface area contributed by atoms with Crippen LogP contribution in [0.25, 0.3) is 0 Å². The first-order valence-corrected chi connectivity index (χ1v) is 10.8. The van der Waals surface area contributed by atoms with Crippen LogP contribution >= 0.6 is 0 Å². The van der Waals surface area contributed by atoms with Gasteiger partial charge in [0.15, 0.2) is 0 Å². The molecule has 154 valence electrons. The molecule has 3 aliphatic rings. The van der Waals surface area contributed by atoms with Gasteiger partial charge in [0.25, 0.3) is 0 Å². The van der Waals surface area contributed by atoms with Gasteiger partial charge in [0.1, 0.15) is 12.1 Å². The van der Waals surface area contributed by atoms with Gasteiger partial charge in [-0.1, -0.05) is 13.8 Å². The lowest BCUT2D eigenvalue weighted by Gasteiger charge is -2.37. The Morgan fingerprint density at radius 2 is 1.90 bits per heavy atom. The fraction of sp³-hybridized carbons (Fsp3) is 0.636. The maximum absolute atomic E-state index is 9.78. The van der Waals surface area contributed by atoms with Crippen molar-refractivity contribution in [1.29, 1.82) is 0 Å². The molecule has 0 spiro atoms. The minimum Gasteiger partial charge on any atom is -0.393 e. The molecule has 1 aliphatic heterocycles. The van der Waals surface area contributed by atoms with Crippen molar-refractivity contribution in [3.63, 3.8) is 0 Å². The molecule has 2 N–H and O–H groups in total. The van der Waals surface area contributed by atoms with Crippen LogP contribution in [0.15, 0.2) is 18.6 Å². The number of aromatic nitrogens is 4. The Balaban J connectivity index is 1.40. The van der Waals surface area contributed by atoms with E-state index in [-0.39, 0.29) is 17.6 Å². The minimum atomic E-state index is -0.190. The van der Waals surface area contributed by atoms with Crippen LogP contribution in [0.5, 0.6) is 0 Å². The summed E-state index contributed by atoms with van der Waals surface area (Å²) in [5.74, 6) is 2.30. The molecule has 2 aliphatic carbocycles. The summed E-state index contributed by atoms with van der Waals surface area (Å²) >= 11 is 0. The zero-order chi connectivity index (χ0) is 20.0. The maximum atomic E-state index is 9.78. The Labute approximate surface area is 172 Å². The zero-order valence-corrected chi connectivity index (χ0v) is 17.3. The number of hydrogen-bond acceptors (Lipinski definition) is 7. The molecular formula is C22H30N6O. The van der Waals surface area contributed by atoms with Gasteiger partial charge in [0, 0.05) is 42.5 Å². The summed E-state index contributed by atoms with van der Waals surface area (Å²) in [6.07, 6.45) is 9.49. The van der Waals surface area contributed by atoms with E-state index in [9.17, 15) is 5.11 Å². The van der Waals surface area contributed by atoms with E-state index < -0.39 is 0 Å². The second-order valence-corrected chi connectivity index (χ2v) is 9.63. The van der Waals surface area contributed by atoms with E-state index in [0.717, 1.165) is 61.9 Å². The van der Waals surface area contributed by atoms with Gasteiger partial charge in [-0.3, -0.25) is 0 Å². The van der Waals surface area contributed by atoms with E-state index in [4.69, 9.17) is 9.97 Å². The van der Waals surface area contributed by atoms with Gasteiger partial charge < -0.3 is 15.3 Å². The summed E-state index contributed by atoms with van der Waals surface area (Å²) in [7, 11) is 0. The van der Waals surface area contributed by atoms with Crippen LogP contribution in [0, 0.1) is 5.41 Å². The highest BCUT2D eigenvalue weighted by Crippen LogP contribution is 2.43. The molecule has 0 amide bonds. The standard InChI is InChI=1S/C22H30N6O/c1-22(2)10-18(26-20-9-17(14-3-4-14)24-13-25-20)16-12-23-21(27-19(16)11-22)28-7-5-15(29)6-8-28/h9,12-15,18,29H,3-8,10-11H2,1-2H3,(H,24,25,26)/t18-/m1/s1. The molecule has 1 saturated carbocycles. The molecule has 2 fully saturated rings. The molecule has 2 aromatic rings. The second kappa shape index (κ2) is 7.20. The molecular weight excluding hydrogens is 364 g/mol. The molecule has 5 rings (SSSR count). The molecule has 2 aromatic heterocycles. The maximum Gasteiger partial charge on any atom is 0.225 e. The molecule has 1 saturated heterocycles. The van der Waals surface area contributed by atoms with Crippen molar-refractivity contribution >= 4 is 11.8 Å². The SMILES string of the molecule is CC1(C)Cc2nc(N3CCC(O)CC3)ncc2[C@H](Nc2cc(C3CC3)ncn2)C1. The first-order valence-electron chi connectivity index (χ1n) is 10.8. The number of hydrogen-bond donors (Lipinski definition) is 2. The number of aliphatic hydroxyl groups excluding tert-OH is 1. The van der Waals surface area contributed by atoms with Crippen molar-refractivity contribution in [3.05, 3.63) is 35.5 Å². The third-order valence-electron chi connectivity index (χ3n) is 6.42. The predicted molar refractivity (Wildman–Crippen MR) is 112 cm³/mol. The van der Waals surface area contributed by atoms with Crippen LogP contribution in [-0.2, 0) is 6.42 Å². The number of piperidine rings is 1. The third kappa shape index (κ3) is 4.06. The second-order valence-electron chi connectivity index (χ2n) is 9.63. The van der Waals surface area contributed by atoms with Crippen molar-refractivity contribution in [2.75, 3.05) is 23.3 Å². The molecule has 0 aromatic carbocycles. The summed E-state index contributed by atoms with van der Waals surface area (Å²) in [5.41, 5.74) is 3.61. The Kier molecular flexibility index (Phi) is 4.65. The third-order valence-corrected chi connectivity index (χ3v) is 6.42. The number of nitrogens with zero attached hydrogens (tertiary/aromatic N) is 5. The lowest BCUT2D eigenvalue weighted by molar-refractivity contribution is 0.145. The molecule has 3 heterocycles. The van der Waals surface area contributed by atoms with E-state index in [2.05, 4.69) is 40.1 Å². The topological polar surface area (TPSA) is 87.1 Å². The number of anilines is 2. The monoisotopic (exact) mass is 394 g/mol. The van der Waals surface area contributed by atoms with Crippen LogP contribution in [0.3, 0.4) is 0 Å². The van der Waals surface area contributed by atoms with Gasteiger partial charge in [-0.05, 0) is 43.9 Å². The summed E-state index contributed by atoms with van der Waals surface area (Å²) in [4.78, 5) is 20.8. The van der Waals surface area contributed by atoms with Crippen LogP contribution in [0.1, 0.15) is 74.9 Å². The number of rotatable bonds is 4. The molecule has 29 heavy (non-hydrogen) atoms. The highest BCUT2D eigenvalue weighted by atomic mass is 16.3. The molecule has 0 unspecified atom stereocenters. The van der Waals surface area contributed by atoms with Gasteiger partial charge in [-0.25, -0.2) is 19.9 Å². The molecule has 7 heteroatoms. The fourth-order valence-electron chi connectivity index (χ4n) is 4.62. The highest BCUT2D eigenvalue weighted by Gasteiger charge is 2.35. The van der Waals surface area contributed by atoms with Gasteiger partial charge in [-0.2, -0.15) is 0 Å². The van der Waals surface area contributed by atoms with E-state index in [1.807, 2.05) is 6.20 Å². The lowest BCUT2D eigenvalue weighted by atomic mass is 9.74. The first-order chi connectivity index (χ1) is 14.0. The quantitative estimate of drug-likeness (QED) is 0.823. The average Bonchev–Trinajstić information content (AvgIpc) is 3.53. The Hall–Kier alpha value is -2.28. The summed E-state index contributed by atoms with van der Waals surface area (Å²) in [6, 6.07) is 2.25. The fourth-order valence-corrected chi connectivity index (χ4v) is 4.62. The average molecular weight is 395 g/mol. The first kappa shape index (κ1) is 18.7. The van der Waals surface area contributed by atoms with Crippen molar-refractivity contribution in [3.8, 4) is 0 Å². The van der Waals surface area contributed by atoms with Gasteiger partial charge in [-0.15, -0.1) is 0 Å². The van der Waals surface area contributed by atoms with Crippen LogP contribution in [0.4, 0.5) is 11.8 Å². The van der Waals surface area contributed by atoms with E-state index in [0.29, 0.717) is 5.92 Å². The van der Waals surface area contributed by atoms with Crippen LogP contribution < -0.4 is 10.2 Å². The van der Waals surface area contributed by atoms with Gasteiger partial charge in [0.2, 0.25) is 5.95 Å². The molecule has 1 atom stereocenters. The smallest absolute Gasteiger partial charge is 0.225 e. The Bertz CT molecular complexity index is 889. The molecule has 0 bridgehead atoms. The van der Waals surface area contributed by atoms with Crippen molar-refractivity contribution in [2.45, 2.75) is 70.4 Å². The Morgan fingerprint density at radius 3 is 2.66 bits per heavy atom. The predicted octanol–water partition coefficient (Wildman–Crippen LogP) is 3.23. The Morgan fingerprint density at radius 1 is 1.10 bits per heavy atom. The number of fused-ring (bicyclic) bond motifs is 1. The van der Waals surface area contributed by atoms with Crippen LogP contribution in [0.2, 0.25) is 0 Å². The normalized spacial score (nSPS) is 24.2. The van der Waals surface area contributed by atoms with Crippen molar-refractivity contribution in [1.82, 2.24) is 19.9 Å². The number of nitrogens with one attached hydrogen (secondary N) is 1. The van der Waals surface area contributed by atoms with E-state index >= 15 is 0 Å². The van der Waals surface area contributed by atoms with Crippen LogP contribution in [-0.4, -0.2) is 44.2 Å². The van der Waals surface area contributed by atoms with E-state index in [1.54, 1.807) is 6.33 Å². The molecule has 7 nitrogen and oxygen atoms in total. The lowest BCUT2D eigenvalue weighted by Crippen LogP contribution is -2.38. The van der Waals surface area contributed by atoms with Crippen molar-refractivity contribution in [2.24, 2.45) is 5.41 Å². The van der Waals surface area contributed by atoms with Gasteiger partial charge in [0.05, 0.1) is 17.8 Å². The summed E-state index contributed by atoms with van der Waals surface area (Å²) < 4.78 is 0. The largest absolute Gasteiger partial charge is 0.393 e. The van der Waals surface area contributed by atoms with Gasteiger partial charge >= 0.3 is 0 Å². The summed E-state index contributed by atoms with van der Waals surface area (Å²) in [5, 5.41) is 13.4. The summed E-state index contributed by atoms with van der Waals surface area (Å²) in [6.45, 7) is 6.24. The number of aliphatic hydroxyl groups is 1. The van der Waals surface area contributed by atoms with Crippen molar-refractivity contribution < 1.29 is 5.11 Å². The molecule has 0 radical (unpaired) electrons. The highest BCUT2D eigenvalue weighted by molar-refractivity contribution is 5.44. The zero-order valence-electron chi connectivity index (χ0n) is 17.3. The minimum absolute atomic E-state index is 0.146.